The summed E-state index contributed by atoms with van der Waals surface area (Å²) in [6.45, 7) is 3.74. The number of nitrogens with two attached hydrogens (primary N) is 1. The van der Waals surface area contributed by atoms with Crippen molar-refractivity contribution in [2.24, 2.45) is 0 Å². The average molecular weight is 334 g/mol. The number of anilines is 1. The summed E-state index contributed by atoms with van der Waals surface area (Å²) in [7, 11) is 0. The Morgan fingerprint density at radius 1 is 1.20 bits per heavy atom. The summed E-state index contributed by atoms with van der Waals surface area (Å²) < 4.78 is 7.70. The summed E-state index contributed by atoms with van der Waals surface area (Å²) in [5.41, 5.74) is 7.52. The molecule has 20 heavy (non-hydrogen) atoms. The van der Waals surface area contributed by atoms with Gasteiger partial charge in [0.05, 0.1) is 0 Å². The second kappa shape index (κ2) is 4.75. The van der Waals surface area contributed by atoms with Crippen molar-refractivity contribution in [3.8, 4) is 17.3 Å². The van der Waals surface area contributed by atoms with Gasteiger partial charge in [0.1, 0.15) is 17.3 Å². The van der Waals surface area contributed by atoms with Crippen molar-refractivity contribution in [3.63, 3.8) is 0 Å². The normalized spacial score (nSPS) is 10.9. The van der Waals surface area contributed by atoms with Crippen LogP contribution in [0.3, 0.4) is 0 Å². The molecule has 0 bridgehead atoms. The van der Waals surface area contributed by atoms with E-state index in [9.17, 15) is 0 Å². The second-order valence-corrected chi connectivity index (χ2v) is 5.17. The van der Waals surface area contributed by atoms with Crippen LogP contribution in [0.4, 0.5) is 5.82 Å². The van der Waals surface area contributed by atoms with Crippen molar-refractivity contribution >= 4 is 21.7 Å². The third-order valence-corrected chi connectivity index (χ3v) is 3.16. The van der Waals surface area contributed by atoms with Gasteiger partial charge >= 0.3 is 0 Å². The number of rotatable bonds is 2. The molecule has 0 fully saturated rings. The Morgan fingerprint density at radius 2 is 2.00 bits per heavy atom. The lowest BCUT2D eigenvalue weighted by Gasteiger charge is -2.04. The molecule has 0 saturated carbocycles. The predicted octanol–water partition coefficient (Wildman–Crippen LogP) is 2.88. The minimum atomic E-state index is 0.491. The maximum absolute atomic E-state index is 6.00. The van der Waals surface area contributed by atoms with E-state index in [1.165, 1.54) is 0 Å². The molecule has 3 rings (SSSR count). The number of hydrogen-bond acceptors (Lipinski definition) is 5. The van der Waals surface area contributed by atoms with E-state index in [4.69, 9.17) is 10.2 Å². The van der Waals surface area contributed by atoms with Gasteiger partial charge in [-0.3, -0.25) is 0 Å². The SMILES string of the molecule is Cc1cc(-n2nc(-c3ccc(Br)o3)cc2N)nc(C)n1. The third kappa shape index (κ3) is 2.32. The molecule has 0 amide bonds. The molecular weight excluding hydrogens is 322 g/mol. The summed E-state index contributed by atoms with van der Waals surface area (Å²) >= 11 is 3.27. The highest BCUT2D eigenvalue weighted by atomic mass is 79.9. The molecule has 6 nitrogen and oxygen atoms in total. The monoisotopic (exact) mass is 333 g/mol. The molecule has 0 aliphatic rings. The van der Waals surface area contributed by atoms with E-state index in [0.717, 1.165) is 5.69 Å². The molecule has 3 aromatic heterocycles. The third-order valence-electron chi connectivity index (χ3n) is 2.73. The van der Waals surface area contributed by atoms with Crippen molar-refractivity contribution in [2.75, 3.05) is 5.73 Å². The van der Waals surface area contributed by atoms with Gasteiger partial charge in [-0.2, -0.15) is 9.78 Å². The van der Waals surface area contributed by atoms with Crippen LogP contribution in [0.25, 0.3) is 17.3 Å². The number of aromatic nitrogens is 4. The average Bonchev–Trinajstić information content (AvgIpc) is 2.94. The van der Waals surface area contributed by atoms with Crippen molar-refractivity contribution in [2.45, 2.75) is 13.8 Å². The number of halogens is 1. The van der Waals surface area contributed by atoms with Crippen LogP contribution in [0.1, 0.15) is 11.5 Å². The molecule has 102 valence electrons. The molecule has 0 aromatic carbocycles. The molecular formula is C13H12BrN5O. The lowest BCUT2D eigenvalue weighted by atomic mass is 10.3. The van der Waals surface area contributed by atoms with Crippen LogP contribution in [-0.4, -0.2) is 19.7 Å². The highest BCUT2D eigenvalue weighted by molar-refractivity contribution is 9.10. The molecule has 3 aromatic rings. The fourth-order valence-corrected chi connectivity index (χ4v) is 2.26. The lowest BCUT2D eigenvalue weighted by Crippen LogP contribution is -2.06. The Bertz CT molecular complexity index is 757. The molecule has 0 atom stereocenters. The second-order valence-electron chi connectivity index (χ2n) is 4.38. The van der Waals surface area contributed by atoms with E-state index in [1.54, 1.807) is 10.7 Å². The molecule has 7 heteroatoms. The zero-order valence-corrected chi connectivity index (χ0v) is 12.5. The molecule has 3 heterocycles. The van der Waals surface area contributed by atoms with Gasteiger partial charge in [-0.25, -0.2) is 9.97 Å². The number of nitrogens with zero attached hydrogens (tertiary/aromatic N) is 4. The van der Waals surface area contributed by atoms with Gasteiger partial charge in [0, 0.05) is 17.8 Å². The summed E-state index contributed by atoms with van der Waals surface area (Å²) in [6.07, 6.45) is 0. The van der Waals surface area contributed by atoms with Gasteiger partial charge in [0.2, 0.25) is 0 Å². The van der Waals surface area contributed by atoms with E-state index in [-0.39, 0.29) is 0 Å². The Kier molecular flexibility index (Phi) is 3.06. The fraction of sp³-hybridized carbons (Fsp3) is 0.154. The maximum atomic E-state index is 6.00. The summed E-state index contributed by atoms with van der Waals surface area (Å²) in [5.74, 6) is 2.46. The van der Waals surface area contributed by atoms with Crippen molar-refractivity contribution in [1.82, 2.24) is 19.7 Å². The number of nitrogen functional groups attached to an aromatic ring is 1. The number of hydrogen-bond donors (Lipinski definition) is 1. The fourth-order valence-electron chi connectivity index (χ4n) is 1.96. The zero-order chi connectivity index (χ0) is 14.3. The van der Waals surface area contributed by atoms with Crippen LogP contribution >= 0.6 is 15.9 Å². The number of aryl methyl sites for hydroxylation is 2. The van der Waals surface area contributed by atoms with Crippen LogP contribution < -0.4 is 5.73 Å². The summed E-state index contributed by atoms with van der Waals surface area (Å²) in [6, 6.07) is 7.21. The summed E-state index contributed by atoms with van der Waals surface area (Å²) in [5, 5.41) is 4.43. The minimum absolute atomic E-state index is 0.491. The quantitative estimate of drug-likeness (QED) is 0.779. The van der Waals surface area contributed by atoms with Gasteiger partial charge in [-0.15, -0.1) is 0 Å². The first-order chi connectivity index (χ1) is 9.52. The van der Waals surface area contributed by atoms with Crippen LogP contribution in [0.5, 0.6) is 0 Å². The van der Waals surface area contributed by atoms with E-state index in [2.05, 4.69) is 31.0 Å². The predicted molar refractivity (Wildman–Crippen MR) is 78.4 cm³/mol. The first-order valence-corrected chi connectivity index (χ1v) is 6.76. The standard InChI is InChI=1S/C13H12BrN5O/c1-7-5-13(17-8(2)16-7)19-12(15)6-9(18-19)10-3-4-11(14)20-10/h3-6H,15H2,1-2H3. The van der Waals surface area contributed by atoms with Crippen LogP contribution in [0.2, 0.25) is 0 Å². The van der Waals surface area contributed by atoms with Crippen molar-refractivity contribution in [1.29, 1.82) is 0 Å². The van der Waals surface area contributed by atoms with Crippen LogP contribution in [0, 0.1) is 13.8 Å². The Labute approximate surface area is 123 Å². The maximum Gasteiger partial charge on any atom is 0.169 e. The molecule has 0 aliphatic heterocycles. The van der Waals surface area contributed by atoms with E-state index in [0.29, 0.717) is 33.6 Å². The molecule has 0 radical (unpaired) electrons. The van der Waals surface area contributed by atoms with Crippen LogP contribution in [-0.2, 0) is 0 Å². The molecule has 2 N–H and O–H groups in total. The Balaban J connectivity index is 2.09. The summed E-state index contributed by atoms with van der Waals surface area (Å²) in [4.78, 5) is 8.59. The van der Waals surface area contributed by atoms with Crippen molar-refractivity contribution < 1.29 is 4.42 Å². The number of furan rings is 1. The zero-order valence-electron chi connectivity index (χ0n) is 11.0. The van der Waals surface area contributed by atoms with Crippen LogP contribution in [0.15, 0.2) is 33.4 Å². The first-order valence-electron chi connectivity index (χ1n) is 5.97. The largest absolute Gasteiger partial charge is 0.448 e. The first kappa shape index (κ1) is 12.9. The van der Waals surface area contributed by atoms with Gasteiger partial charge in [0.15, 0.2) is 16.2 Å². The topological polar surface area (TPSA) is 82.8 Å². The molecule has 0 unspecified atom stereocenters. The van der Waals surface area contributed by atoms with Crippen molar-refractivity contribution in [3.05, 3.63) is 40.5 Å². The smallest absolute Gasteiger partial charge is 0.169 e. The van der Waals surface area contributed by atoms with Gasteiger partial charge in [-0.05, 0) is 41.9 Å². The van der Waals surface area contributed by atoms with E-state index in [1.807, 2.05) is 32.0 Å². The lowest BCUT2D eigenvalue weighted by molar-refractivity contribution is 0.553. The minimum Gasteiger partial charge on any atom is -0.448 e. The highest BCUT2D eigenvalue weighted by Crippen LogP contribution is 2.26. The molecule has 0 spiro atoms. The molecule has 0 saturated heterocycles. The Hall–Kier alpha value is -2.15. The molecule has 0 aliphatic carbocycles. The van der Waals surface area contributed by atoms with Gasteiger partial charge in [0.25, 0.3) is 0 Å². The van der Waals surface area contributed by atoms with E-state index >= 15 is 0 Å². The van der Waals surface area contributed by atoms with Gasteiger partial charge < -0.3 is 10.2 Å². The van der Waals surface area contributed by atoms with Gasteiger partial charge in [-0.1, -0.05) is 0 Å². The van der Waals surface area contributed by atoms with E-state index < -0.39 is 0 Å². The highest BCUT2D eigenvalue weighted by Gasteiger charge is 2.13. The Morgan fingerprint density at radius 3 is 2.65 bits per heavy atom.